The number of carbonyl (C=O) groups is 4. The lowest BCUT2D eigenvalue weighted by Crippen LogP contribution is -2.49. The Kier molecular flexibility index (Phi) is 8.70. The molecule has 2 saturated heterocycles. The maximum absolute atomic E-state index is 13.5. The van der Waals surface area contributed by atoms with E-state index in [9.17, 15) is 24.4 Å². The molecule has 0 spiro atoms. The number of amides is 3. The van der Waals surface area contributed by atoms with Crippen LogP contribution in [0.4, 0.5) is 5.69 Å². The normalized spacial score (nSPS) is 18.3. The molecular weight excluding hydrogens is 504 g/mol. The van der Waals surface area contributed by atoms with Crippen molar-refractivity contribution in [2.24, 2.45) is 0 Å². The lowest BCUT2D eigenvalue weighted by molar-refractivity contribution is -0.140. The molecule has 1 aromatic heterocycles. The van der Waals surface area contributed by atoms with Crippen LogP contribution in [-0.4, -0.2) is 77.4 Å². The number of anilines is 1. The van der Waals surface area contributed by atoms with E-state index in [-0.39, 0.29) is 24.2 Å². The molecule has 2 aromatic rings. The summed E-state index contributed by atoms with van der Waals surface area (Å²) in [6.45, 7) is 2.94. The van der Waals surface area contributed by atoms with Crippen molar-refractivity contribution in [1.29, 1.82) is 5.26 Å². The number of rotatable bonds is 9. The minimum Gasteiger partial charge on any atom is -0.480 e. The first-order valence-corrected chi connectivity index (χ1v) is 13.0. The van der Waals surface area contributed by atoms with Crippen LogP contribution in [0, 0.1) is 18.3 Å². The zero-order chi connectivity index (χ0) is 27.9. The number of fused-ring (bicyclic) bond motifs is 1. The molecule has 206 valence electrons. The van der Waals surface area contributed by atoms with Crippen molar-refractivity contribution in [1.82, 2.24) is 20.4 Å². The van der Waals surface area contributed by atoms with Gasteiger partial charge in [-0.3, -0.25) is 19.2 Å². The minimum atomic E-state index is -1.26. The van der Waals surface area contributed by atoms with Crippen molar-refractivity contribution < 1.29 is 28.7 Å². The summed E-state index contributed by atoms with van der Waals surface area (Å²) in [7, 11) is 0. The Morgan fingerprint density at radius 3 is 2.59 bits per heavy atom. The van der Waals surface area contributed by atoms with Crippen molar-refractivity contribution in [3.63, 3.8) is 0 Å². The fourth-order valence-corrected chi connectivity index (χ4v) is 4.83. The van der Waals surface area contributed by atoms with Crippen LogP contribution in [0.25, 0.3) is 11.0 Å². The third-order valence-corrected chi connectivity index (χ3v) is 6.78. The van der Waals surface area contributed by atoms with Gasteiger partial charge < -0.3 is 35.3 Å². The number of carboxylic acids is 1. The van der Waals surface area contributed by atoms with E-state index in [2.05, 4.69) is 16.0 Å². The molecule has 39 heavy (non-hydrogen) atoms. The lowest BCUT2D eigenvalue weighted by Gasteiger charge is -2.28. The maximum atomic E-state index is 13.5. The number of benzene rings is 1. The highest BCUT2D eigenvalue weighted by atomic mass is 16.4. The second kappa shape index (κ2) is 12.3. The van der Waals surface area contributed by atoms with Crippen LogP contribution in [0.15, 0.2) is 40.1 Å². The highest BCUT2D eigenvalue weighted by Gasteiger charge is 2.31. The number of likely N-dealkylation sites (tertiary alicyclic amines) is 2. The van der Waals surface area contributed by atoms with Gasteiger partial charge in [-0.2, -0.15) is 5.26 Å². The standard InChI is InChI=1S/C27H32N6O6/c1-17-12-18-13-19(7-8-22(18)39-17)30-25(20(14-28)26(37)29-15-24(35)36)31-21-6-2-3-11-33(27(21)38)16-23(34)32-9-4-5-10-32/h7-8,12-13,21,30-31H,2-6,9-11,15-16H2,1H3,(H,29,37)(H,35,36)/b25-20-/t21-/m0/s1. The lowest BCUT2D eigenvalue weighted by atomic mass is 10.1. The van der Waals surface area contributed by atoms with E-state index in [4.69, 9.17) is 9.52 Å². The Morgan fingerprint density at radius 2 is 1.87 bits per heavy atom. The van der Waals surface area contributed by atoms with Crippen molar-refractivity contribution in [3.05, 3.63) is 41.4 Å². The van der Waals surface area contributed by atoms with E-state index >= 15 is 0 Å². The van der Waals surface area contributed by atoms with Crippen molar-refractivity contribution in [2.75, 3.05) is 38.0 Å². The minimum absolute atomic E-state index is 0.0236. The van der Waals surface area contributed by atoms with Crippen molar-refractivity contribution in [2.45, 2.75) is 45.1 Å². The Balaban J connectivity index is 1.60. The van der Waals surface area contributed by atoms with E-state index in [0.29, 0.717) is 50.2 Å². The second-order valence-corrected chi connectivity index (χ2v) is 9.71. The molecule has 4 N–H and O–H groups in total. The van der Waals surface area contributed by atoms with Gasteiger partial charge in [0, 0.05) is 30.7 Å². The summed E-state index contributed by atoms with van der Waals surface area (Å²) < 4.78 is 5.61. The van der Waals surface area contributed by atoms with Crippen LogP contribution >= 0.6 is 0 Å². The number of nitrogens with one attached hydrogen (secondary N) is 3. The SMILES string of the molecule is Cc1cc2cc(N/C(N[C@H]3CCCCN(CC(=O)N4CCCC4)C3=O)=C(\C#N)C(=O)NCC(=O)O)ccc2o1. The smallest absolute Gasteiger partial charge is 0.322 e. The summed E-state index contributed by atoms with van der Waals surface area (Å²) >= 11 is 0. The molecule has 4 rings (SSSR count). The highest BCUT2D eigenvalue weighted by molar-refractivity contribution is 6.00. The first-order chi connectivity index (χ1) is 18.7. The van der Waals surface area contributed by atoms with E-state index < -0.39 is 30.0 Å². The molecule has 0 unspecified atom stereocenters. The Bertz CT molecular complexity index is 1340. The molecule has 2 fully saturated rings. The molecule has 3 heterocycles. The summed E-state index contributed by atoms with van der Waals surface area (Å²) in [5, 5.41) is 27.9. The summed E-state index contributed by atoms with van der Waals surface area (Å²) in [6, 6.07) is 8.07. The van der Waals surface area contributed by atoms with Gasteiger partial charge in [0.2, 0.25) is 11.8 Å². The summed E-state index contributed by atoms with van der Waals surface area (Å²) in [6.07, 6.45) is 3.74. The topological polar surface area (TPSA) is 168 Å². The Labute approximate surface area is 225 Å². The predicted molar refractivity (Wildman–Crippen MR) is 141 cm³/mol. The summed E-state index contributed by atoms with van der Waals surface area (Å²) in [5.74, 6) is -1.88. The maximum Gasteiger partial charge on any atom is 0.322 e. The molecule has 12 nitrogen and oxygen atoms in total. The molecular formula is C27H32N6O6. The monoisotopic (exact) mass is 536 g/mol. The Morgan fingerprint density at radius 1 is 1.13 bits per heavy atom. The van der Waals surface area contributed by atoms with Crippen molar-refractivity contribution in [3.8, 4) is 6.07 Å². The third-order valence-electron chi connectivity index (χ3n) is 6.78. The van der Waals surface area contributed by atoms with Gasteiger partial charge in [-0.25, -0.2) is 0 Å². The van der Waals surface area contributed by atoms with Crippen molar-refractivity contribution >= 4 is 40.3 Å². The first kappa shape index (κ1) is 27.5. The number of hydrogen-bond acceptors (Lipinski definition) is 8. The quantitative estimate of drug-likeness (QED) is 0.275. The van der Waals surface area contributed by atoms with E-state index in [1.807, 2.05) is 19.1 Å². The van der Waals surface area contributed by atoms with E-state index in [0.717, 1.165) is 24.0 Å². The summed E-state index contributed by atoms with van der Waals surface area (Å²) in [5.41, 5.74) is 0.775. The number of furan rings is 1. The molecule has 0 saturated carbocycles. The molecule has 3 amide bonds. The van der Waals surface area contributed by atoms with Gasteiger partial charge in [0.05, 0.1) is 6.54 Å². The zero-order valence-electron chi connectivity index (χ0n) is 21.8. The van der Waals surface area contributed by atoms with Gasteiger partial charge in [-0.1, -0.05) is 0 Å². The molecule has 0 radical (unpaired) electrons. The van der Waals surface area contributed by atoms with Gasteiger partial charge in [0.25, 0.3) is 5.91 Å². The number of hydrogen-bond donors (Lipinski definition) is 4. The number of carbonyl (C=O) groups excluding carboxylic acids is 3. The van der Waals surface area contributed by atoms with Gasteiger partial charge in [-0.15, -0.1) is 0 Å². The van der Waals surface area contributed by atoms with Gasteiger partial charge in [0.1, 0.15) is 35.8 Å². The number of aryl methyl sites for hydroxylation is 1. The van der Waals surface area contributed by atoms with E-state index in [1.165, 1.54) is 4.90 Å². The molecule has 0 bridgehead atoms. The average Bonchev–Trinajstić information content (AvgIpc) is 3.53. The molecule has 0 aliphatic carbocycles. The predicted octanol–water partition coefficient (Wildman–Crippen LogP) is 1.68. The fourth-order valence-electron chi connectivity index (χ4n) is 4.83. The van der Waals surface area contributed by atoms with Crippen LogP contribution in [0.5, 0.6) is 0 Å². The zero-order valence-corrected chi connectivity index (χ0v) is 21.8. The molecule has 2 aliphatic rings. The number of carboxylic acid groups (broad SMARTS) is 1. The third kappa shape index (κ3) is 6.87. The van der Waals surface area contributed by atoms with Gasteiger partial charge in [0.15, 0.2) is 5.57 Å². The average molecular weight is 537 g/mol. The molecule has 1 atom stereocenters. The van der Waals surface area contributed by atoms with Gasteiger partial charge in [-0.05, 0) is 63.3 Å². The van der Waals surface area contributed by atoms with Crippen LogP contribution in [0.3, 0.4) is 0 Å². The van der Waals surface area contributed by atoms with Crippen LogP contribution < -0.4 is 16.0 Å². The van der Waals surface area contributed by atoms with Crippen LogP contribution in [0.1, 0.15) is 37.9 Å². The molecule has 2 aliphatic heterocycles. The number of aliphatic carboxylic acids is 1. The Hall–Kier alpha value is -4.53. The second-order valence-electron chi connectivity index (χ2n) is 9.71. The molecule has 1 aromatic carbocycles. The number of nitrogens with zero attached hydrogens (tertiary/aromatic N) is 3. The largest absolute Gasteiger partial charge is 0.480 e. The summed E-state index contributed by atoms with van der Waals surface area (Å²) in [4.78, 5) is 53.3. The van der Waals surface area contributed by atoms with Gasteiger partial charge >= 0.3 is 5.97 Å². The highest BCUT2D eigenvalue weighted by Crippen LogP contribution is 2.24. The molecule has 12 heteroatoms. The van der Waals surface area contributed by atoms with Crippen LogP contribution in [0.2, 0.25) is 0 Å². The van der Waals surface area contributed by atoms with E-state index in [1.54, 1.807) is 23.1 Å². The first-order valence-electron chi connectivity index (χ1n) is 13.0. The number of nitriles is 1. The fraction of sp³-hybridized carbons (Fsp3) is 0.444. The van der Waals surface area contributed by atoms with Crippen LogP contribution in [-0.2, 0) is 19.2 Å².